The molecule has 2 amide bonds. The first-order valence-corrected chi connectivity index (χ1v) is 11.2. The molecule has 0 unspecified atom stereocenters. The van der Waals surface area contributed by atoms with E-state index in [4.69, 9.17) is 9.63 Å². The highest BCUT2D eigenvalue weighted by atomic mass is 31.2. The first-order valence-electron chi connectivity index (χ1n) is 9.56. The number of carboxylic acid groups (broad SMARTS) is 1. The van der Waals surface area contributed by atoms with Gasteiger partial charge >= 0.3 is 6.09 Å². The summed E-state index contributed by atoms with van der Waals surface area (Å²) in [6.45, 7) is -0.0639. The smallest absolute Gasteiger partial charge is 0.405 e. The molecule has 0 aromatic heterocycles. The van der Waals surface area contributed by atoms with E-state index in [1.807, 2.05) is 0 Å². The molecular formula is C21H23N2O6P. The second-order valence-corrected chi connectivity index (χ2v) is 9.37. The third-order valence-corrected chi connectivity index (χ3v) is 7.40. The molecule has 0 radical (unpaired) electrons. The van der Waals surface area contributed by atoms with Crippen LogP contribution in [0.25, 0.3) is 0 Å². The van der Waals surface area contributed by atoms with Gasteiger partial charge in [-0.1, -0.05) is 36.4 Å². The monoisotopic (exact) mass is 430 g/mol. The van der Waals surface area contributed by atoms with E-state index in [1.165, 1.54) is 0 Å². The zero-order valence-electron chi connectivity index (χ0n) is 16.2. The van der Waals surface area contributed by atoms with Crippen molar-refractivity contribution < 1.29 is 28.6 Å². The van der Waals surface area contributed by atoms with Gasteiger partial charge in [-0.05, 0) is 37.1 Å². The molecule has 0 spiro atoms. The zero-order valence-corrected chi connectivity index (χ0v) is 17.1. The van der Waals surface area contributed by atoms with Gasteiger partial charge in [-0.15, -0.1) is 0 Å². The lowest BCUT2D eigenvalue weighted by atomic mass is 9.96. The van der Waals surface area contributed by atoms with Crippen molar-refractivity contribution in [1.82, 2.24) is 10.6 Å². The van der Waals surface area contributed by atoms with Crippen LogP contribution in [0.1, 0.15) is 12.8 Å². The topological polar surface area (TPSA) is 122 Å². The fourth-order valence-corrected chi connectivity index (χ4v) is 5.41. The normalized spacial score (nSPS) is 17.2. The third-order valence-electron chi connectivity index (χ3n) is 4.95. The van der Waals surface area contributed by atoms with Crippen LogP contribution in [0.4, 0.5) is 4.79 Å². The van der Waals surface area contributed by atoms with E-state index in [9.17, 15) is 18.9 Å². The molecule has 0 aliphatic carbocycles. The van der Waals surface area contributed by atoms with Gasteiger partial charge in [0.15, 0.2) is 5.78 Å². The van der Waals surface area contributed by atoms with Crippen molar-refractivity contribution in [1.29, 1.82) is 0 Å². The molecule has 1 fully saturated rings. The summed E-state index contributed by atoms with van der Waals surface area (Å²) in [6, 6.07) is 16.0. The fraction of sp³-hybridized carbons (Fsp3) is 0.286. The van der Waals surface area contributed by atoms with Crippen LogP contribution in [0.3, 0.4) is 0 Å². The summed E-state index contributed by atoms with van der Waals surface area (Å²) in [6.07, 6.45) is -0.820. The molecule has 1 heterocycles. The van der Waals surface area contributed by atoms with Crippen molar-refractivity contribution in [2.45, 2.75) is 18.9 Å². The maximum absolute atomic E-state index is 13.8. The van der Waals surface area contributed by atoms with Gasteiger partial charge in [-0.25, -0.2) is 4.79 Å². The van der Waals surface area contributed by atoms with Crippen LogP contribution in [0.15, 0.2) is 60.7 Å². The average Bonchev–Trinajstić information content (AvgIpc) is 3.16. The Morgan fingerprint density at radius 1 is 1.10 bits per heavy atom. The first-order chi connectivity index (χ1) is 14.4. The van der Waals surface area contributed by atoms with E-state index in [-0.39, 0.29) is 12.3 Å². The molecule has 2 atom stereocenters. The molecular weight excluding hydrogens is 407 g/mol. The summed E-state index contributed by atoms with van der Waals surface area (Å²) >= 11 is 0. The van der Waals surface area contributed by atoms with Gasteiger partial charge in [-0.2, -0.15) is 0 Å². The summed E-state index contributed by atoms with van der Waals surface area (Å²) in [5.41, 5.74) is 0. The molecule has 3 rings (SSSR count). The highest BCUT2D eigenvalue weighted by Gasteiger charge is 2.34. The second kappa shape index (κ2) is 9.69. The van der Waals surface area contributed by atoms with E-state index in [1.54, 1.807) is 60.7 Å². The van der Waals surface area contributed by atoms with E-state index in [0.29, 0.717) is 23.6 Å². The Bertz CT molecular complexity index is 907. The minimum absolute atomic E-state index is 0.0291. The van der Waals surface area contributed by atoms with Gasteiger partial charge < -0.3 is 20.3 Å². The van der Waals surface area contributed by atoms with Crippen LogP contribution < -0.4 is 21.2 Å². The molecule has 0 bridgehead atoms. The fourth-order valence-electron chi connectivity index (χ4n) is 3.38. The van der Waals surface area contributed by atoms with Crippen LogP contribution in [0, 0.1) is 5.92 Å². The molecule has 1 saturated heterocycles. The van der Waals surface area contributed by atoms with Gasteiger partial charge in [-0.3, -0.25) is 14.2 Å². The predicted molar refractivity (Wildman–Crippen MR) is 111 cm³/mol. The first kappa shape index (κ1) is 21.7. The second-order valence-electron chi connectivity index (χ2n) is 6.98. The van der Waals surface area contributed by atoms with E-state index >= 15 is 0 Å². The van der Waals surface area contributed by atoms with E-state index in [0.717, 1.165) is 0 Å². The molecule has 2 aromatic rings. The molecule has 30 heavy (non-hydrogen) atoms. The molecule has 3 N–H and O–H groups in total. The number of benzene rings is 2. The van der Waals surface area contributed by atoms with Crippen LogP contribution in [0.2, 0.25) is 0 Å². The van der Waals surface area contributed by atoms with E-state index in [2.05, 4.69) is 10.6 Å². The number of hydrogen-bond donors (Lipinski definition) is 3. The summed E-state index contributed by atoms with van der Waals surface area (Å²) in [5.74, 6) is -1.25. The lowest BCUT2D eigenvalue weighted by molar-refractivity contribution is -0.125. The van der Waals surface area contributed by atoms with Gasteiger partial charge in [0.25, 0.3) is 7.37 Å². The van der Waals surface area contributed by atoms with Crippen molar-refractivity contribution in [2.24, 2.45) is 5.92 Å². The van der Waals surface area contributed by atoms with Crippen LogP contribution in [-0.4, -0.2) is 42.1 Å². The molecule has 1 aliphatic rings. The van der Waals surface area contributed by atoms with Crippen molar-refractivity contribution in [3.63, 3.8) is 0 Å². The number of nitrogens with one attached hydrogen (secondary N) is 2. The Kier molecular flexibility index (Phi) is 7.03. The molecule has 158 valence electrons. The summed E-state index contributed by atoms with van der Waals surface area (Å²) in [5, 5.41) is 14.8. The lowest BCUT2D eigenvalue weighted by Crippen LogP contribution is -2.44. The molecule has 1 aliphatic heterocycles. The number of hydrogen-bond acceptors (Lipinski definition) is 5. The predicted octanol–water partition coefficient (Wildman–Crippen LogP) is 1.66. The molecule has 9 heteroatoms. The van der Waals surface area contributed by atoms with Gasteiger partial charge in [0.2, 0.25) is 5.91 Å². The summed E-state index contributed by atoms with van der Waals surface area (Å²) in [7, 11) is -3.58. The van der Waals surface area contributed by atoms with Crippen molar-refractivity contribution in [2.75, 3.05) is 13.2 Å². The summed E-state index contributed by atoms with van der Waals surface area (Å²) < 4.78 is 19.5. The lowest BCUT2D eigenvalue weighted by Gasteiger charge is -2.22. The van der Waals surface area contributed by atoms with Crippen molar-refractivity contribution in [3.05, 3.63) is 60.7 Å². The third kappa shape index (κ3) is 5.14. The molecule has 0 saturated carbocycles. The minimum atomic E-state index is -3.58. The zero-order chi connectivity index (χ0) is 21.6. The Morgan fingerprint density at radius 2 is 1.67 bits per heavy atom. The number of rotatable bonds is 9. The van der Waals surface area contributed by atoms with Gasteiger partial charge in [0, 0.05) is 23.1 Å². The number of ketones is 1. The Balaban J connectivity index is 1.79. The number of amides is 2. The minimum Gasteiger partial charge on any atom is -0.465 e. The van der Waals surface area contributed by atoms with Gasteiger partial charge in [0.05, 0.1) is 6.04 Å². The molecule has 8 nitrogen and oxygen atoms in total. The van der Waals surface area contributed by atoms with E-state index < -0.39 is 37.8 Å². The Hall–Kier alpha value is -2.96. The maximum Gasteiger partial charge on any atom is 0.405 e. The highest BCUT2D eigenvalue weighted by Crippen LogP contribution is 2.44. The number of carbonyl (C=O) groups is 3. The highest BCUT2D eigenvalue weighted by molar-refractivity contribution is 7.74. The Morgan fingerprint density at radius 3 is 2.13 bits per heavy atom. The van der Waals surface area contributed by atoms with Crippen LogP contribution in [0.5, 0.6) is 0 Å². The SMILES string of the molecule is O=C(O)N[C@@H](C[C@@H]1CCNC1=O)C(=O)COP(=O)(c1ccccc1)c1ccccc1. The van der Waals surface area contributed by atoms with Crippen LogP contribution in [-0.2, 0) is 18.7 Å². The largest absolute Gasteiger partial charge is 0.465 e. The molecule has 2 aromatic carbocycles. The number of carbonyl (C=O) groups excluding carboxylic acids is 2. The van der Waals surface area contributed by atoms with Crippen molar-refractivity contribution in [3.8, 4) is 0 Å². The Labute approximate surface area is 174 Å². The number of Topliss-reactive ketones (excluding diaryl/α,β-unsaturated/α-hetero) is 1. The quantitative estimate of drug-likeness (QED) is 0.520. The maximum atomic E-state index is 13.8. The summed E-state index contributed by atoms with van der Waals surface area (Å²) in [4.78, 5) is 35.8. The van der Waals surface area contributed by atoms with Gasteiger partial charge in [0.1, 0.15) is 6.61 Å². The standard InChI is InChI=1S/C21H23N2O6P/c24-19(18(23-21(26)27)13-15-11-12-22-20(15)25)14-29-30(28,16-7-3-1-4-8-16)17-9-5-2-6-10-17/h1-10,15,18,23H,11-14H2,(H,22,25)(H,26,27)/t15-,18-/m0/s1. The van der Waals surface area contributed by atoms with Crippen molar-refractivity contribution >= 4 is 35.8 Å². The van der Waals surface area contributed by atoms with Crippen LogP contribution >= 0.6 is 7.37 Å². The average molecular weight is 430 g/mol.